The van der Waals surface area contributed by atoms with Crippen LogP contribution in [0.5, 0.6) is 0 Å². The number of nitrogens with one attached hydrogen (secondary N) is 1. The Morgan fingerprint density at radius 3 is 2.78 bits per heavy atom. The third kappa shape index (κ3) is 4.38. The van der Waals surface area contributed by atoms with Gasteiger partial charge in [0.15, 0.2) is 5.96 Å². The predicted octanol–water partition coefficient (Wildman–Crippen LogP) is 2.63. The highest BCUT2D eigenvalue weighted by Gasteiger charge is 2.15. The first-order chi connectivity index (χ1) is 8.29. The summed E-state index contributed by atoms with van der Waals surface area (Å²) in [4.78, 5) is 12.6. The molecule has 0 amide bonds. The van der Waals surface area contributed by atoms with Gasteiger partial charge in [0, 0.05) is 30.7 Å². The van der Waals surface area contributed by atoms with Gasteiger partial charge in [0.05, 0.1) is 6.54 Å². The molecule has 0 unspecified atom stereocenters. The van der Waals surface area contributed by atoms with Crippen molar-refractivity contribution in [1.29, 1.82) is 0 Å². The first-order valence-corrected chi connectivity index (χ1v) is 7.06. The number of aryl methyl sites for hydroxylation is 1. The fourth-order valence-corrected chi connectivity index (χ4v) is 2.68. The zero-order valence-electron chi connectivity index (χ0n) is 11.0. The van der Waals surface area contributed by atoms with Gasteiger partial charge in [0.2, 0.25) is 0 Å². The van der Waals surface area contributed by atoms with Crippen molar-refractivity contribution >= 4 is 41.3 Å². The monoisotopic (exact) mass is 380 g/mol. The lowest BCUT2D eigenvalue weighted by atomic mass is 10.4. The molecule has 0 aromatic carbocycles. The molecule has 102 valence electrons. The Balaban J connectivity index is 0.00000162. The minimum Gasteiger partial charge on any atom is -0.357 e. The minimum absolute atomic E-state index is 0. The van der Waals surface area contributed by atoms with Crippen molar-refractivity contribution in [3.05, 3.63) is 16.1 Å². The van der Waals surface area contributed by atoms with Crippen LogP contribution in [-0.4, -0.2) is 35.5 Å². The van der Waals surface area contributed by atoms with Crippen molar-refractivity contribution in [3.8, 4) is 0 Å². The molecule has 1 aromatic heterocycles. The second kappa shape index (κ2) is 7.93. The van der Waals surface area contributed by atoms with E-state index in [1.54, 1.807) is 11.3 Å². The summed E-state index contributed by atoms with van der Waals surface area (Å²) in [6.07, 6.45) is 4.47. The molecule has 4 nitrogen and oxygen atoms in total. The van der Waals surface area contributed by atoms with Crippen LogP contribution in [0.3, 0.4) is 0 Å². The van der Waals surface area contributed by atoms with Crippen molar-refractivity contribution in [1.82, 2.24) is 15.2 Å². The van der Waals surface area contributed by atoms with E-state index in [0.29, 0.717) is 6.54 Å². The van der Waals surface area contributed by atoms with Gasteiger partial charge in [-0.3, -0.25) is 0 Å². The SMILES string of the molecule is CCNC(=NCc1ncc(C)s1)N1CCCC1.I. The molecule has 1 saturated heterocycles. The van der Waals surface area contributed by atoms with Crippen molar-refractivity contribution in [3.63, 3.8) is 0 Å². The molecule has 18 heavy (non-hydrogen) atoms. The molecule has 0 aliphatic carbocycles. The lowest BCUT2D eigenvalue weighted by Gasteiger charge is -2.20. The Bertz CT molecular complexity index is 385. The van der Waals surface area contributed by atoms with E-state index >= 15 is 0 Å². The van der Waals surface area contributed by atoms with E-state index in [0.717, 1.165) is 30.6 Å². The van der Waals surface area contributed by atoms with Crippen LogP contribution in [-0.2, 0) is 6.54 Å². The van der Waals surface area contributed by atoms with Crippen molar-refractivity contribution in [2.24, 2.45) is 4.99 Å². The highest BCUT2D eigenvalue weighted by atomic mass is 127. The van der Waals surface area contributed by atoms with Crippen LogP contribution in [0, 0.1) is 6.92 Å². The zero-order chi connectivity index (χ0) is 12.1. The molecule has 1 aromatic rings. The van der Waals surface area contributed by atoms with Gasteiger partial charge in [-0.1, -0.05) is 0 Å². The molecule has 2 rings (SSSR count). The Kier molecular flexibility index (Phi) is 6.91. The van der Waals surface area contributed by atoms with Gasteiger partial charge in [0.25, 0.3) is 0 Å². The third-order valence-corrected chi connectivity index (χ3v) is 3.67. The molecular formula is C12H21IN4S. The fraction of sp³-hybridized carbons (Fsp3) is 0.667. The first kappa shape index (κ1) is 15.7. The van der Waals surface area contributed by atoms with E-state index in [1.807, 2.05) is 6.20 Å². The van der Waals surface area contributed by atoms with E-state index < -0.39 is 0 Å². The summed E-state index contributed by atoms with van der Waals surface area (Å²) in [6, 6.07) is 0. The number of aromatic nitrogens is 1. The second-order valence-electron chi connectivity index (χ2n) is 4.23. The maximum Gasteiger partial charge on any atom is 0.194 e. The normalized spacial score (nSPS) is 15.7. The van der Waals surface area contributed by atoms with E-state index in [1.165, 1.54) is 17.7 Å². The van der Waals surface area contributed by atoms with Crippen molar-refractivity contribution in [2.75, 3.05) is 19.6 Å². The van der Waals surface area contributed by atoms with E-state index in [9.17, 15) is 0 Å². The Morgan fingerprint density at radius 1 is 1.50 bits per heavy atom. The zero-order valence-corrected chi connectivity index (χ0v) is 14.1. The first-order valence-electron chi connectivity index (χ1n) is 6.24. The summed E-state index contributed by atoms with van der Waals surface area (Å²) in [5.41, 5.74) is 0. The number of aliphatic imine (C=N–C) groups is 1. The number of nitrogens with zero attached hydrogens (tertiary/aromatic N) is 3. The van der Waals surface area contributed by atoms with Gasteiger partial charge in [-0.05, 0) is 26.7 Å². The fourth-order valence-electron chi connectivity index (χ4n) is 1.97. The van der Waals surface area contributed by atoms with Gasteiger partial charge in [-0.15, -0.1) is 35.3 Å². The summed E-state index contributed by atoms with van der Waals surface area (Å²) >= 11 is 1.73. The maximum absolute atomic E-state index is 4.66. The Labute approximate surface area is 130 Å². The van der Waals surface area contributed by atoms with Gasteiger partial charge < -0.3 is 10.2 Å². The van der Waals surface area contributed by atoms with Crippen LogP contribution >= 0.6 is 35.3 Å². The van der Waals surface area contributed by atoms with Crippen LogP contribution in [0.15, 0.2) is 11.2 Å². The van der Waals surface area contributed by atoms with Gasteiger partial charge in [-0.2, -0.15) is 0 Å². The highest BCUT2D eigenvalue weighted by Crippen LogP contribution is 2.13. The topological polar surface area (TPSA) is 40.5 Å². The molecule has 0 atom stereocenters. The average Bonchev–Trinajstić information content (AvgIpc) is 2.95. The number of guanidine groups is 1. The van der Waals surface area contributed by atoms with Crippen LogP contribution < -0.4 is 5.32 Å². The predicted molar refractivity (Wildman–Crippen MR) is 87.9 cm³/mol. The summed E-state index contributed by atoms with van der Waals surface area (Å²) in [5.74, 6) is 1.04. The summed E-state index contributed by atoms with van der Waals surface area (Å²) in [6.45, 7) is 8.06. The van der Waals surface area contributed by atoms with Crippen molar-refractivity contribution in [2.45, 2.75) is 33.2 Å². The molecule has 1 aliphatic rings. The lowest BCUT2D eigenvalue weighted by Crippen LogP contribution is -2.39. The molecule has 0 radical (unpaired) electrons. The second-order valence-corrected chi connectivity index (χ2v) is 5.55. The molecule has 0 bridgehead atoms. The standard InChI is InChI=1S/C12H20N4S.HI/c1-3-13-12(16-6-4-5-7-16)15-9-11-14-8-10(2)17-11;/h8H,3-7,9H2,1-2H3,(H,13,15);1H. The maximum atomic E-state index is 4.66. The Hall–Kier alpha value is -0.370. The highest BCUT2D eigenvalue weighted by molar-refractivity contribution is 14.0. The number of rotatable bonds is 3. The van der Waals surface area contributed by atoms with E-state index in [-0.39, 0.29) is 24.0 Å². The van der Waals surface area contributed by atoms with Crippen LogP contribution in [0.25, 0.3) is 0 Å². The number of hydrogen-bond donors (Lipinski definition) is 1. The van der Waals surface area contributed by atoms with Crippen LogP contribution in [0.1, 0.15) is 29.7 Å². The van der Waals surface area contributed by atoms with Crippen LogP contribution in [0.4, 0.5) is 0 Å². The molecule has 0 spiro atoms. The smallest absolute Gasteiger partial charge is 0.194 e. The van der Waals surface area contributed by atoms with E-state index in [4.69, 9.17) is 0 Å². The molecular weight excluding hydrogens is 359 g/mol. The summed E-state index contributed by atoms with van der Waals surface area (Å²) in [7, 11) is 0. The van der Waals surface area contributed by atoms with Gasteiger partial charge >= 0.3 is 0 Å². The Morgan fingerprint density at radius 2 is 2.22 bits per heavy atom. The number of halogens is 1. The summed E-state index contributed by atoms with van der Waals surface area (Å²) in [5, 5.41) is 4.45. The van der Waals surface area contributed by atoms with Gasteiger partial charge in [0.1, 0.15) is 5.01 Å². The number of hydrogen-bond acceptors (Lipinski definition) is 3. The van der Waals surface area contributed by atoms with Gasteiger partial charge in [-0.25, -0.2) is 9.98 Å². The summed E-state index contributed by atoms with van der Waals surface area (Å²) < 4.78 is 0. The number of thiazole rings is 1. The molecule has 6 heteroatoms. The molecule has 2 heterocycles. The van der Waals surface area contributed by atoms with Crippen molar-refractivity contribution < 1.29 is 0 Å². The largest absolute Gasteiger partial charge is 0.357 e. The van der Waals surface area contributed by atoms with E-state index in [2.05, 4.69) is 34.0 Å². The quantitative estimate of drug-likeness (QED) is 0.498. The third-order valence-electron chi connectivity index (χ3n) is 2.77. The molecule has 1 fully saturated rings. The molecule has 0 saturated carbocycles. The minimum atomic E-state index is 0. The molecule has 1 N–H and O–H groups in total. The molecule has 1 aliphatic heterocycles. The lowest BCUT2D eigenvalue weighted by molar-refractivity contribution is 0.493. The van der Waals surface area contributed by atoms with Crippen LogP contribution in [0.2, 0.25) is 0 Å². The number of likely N-dealkylation sites (tertiary alicyclic amines) is 1. The average molecular weight is 380 g/mol.